The van der Waals surface area contributed by atoms with Gasteiger partial charge in [0.05, 0.1) is 25.8 Å². The van der Waals surface area contributed by atoms with Gasteiger partial charge in [-0.15, -0.1) is 0 Å². The number of hydrogen-bond donors (Lipinski definition) is 0. The molecule has 1 aromatic heterocycles. The van der Waals surface area contributed by atoms with E-state index in [2.05, 4.69) is 11.1 Å². The van der Waals surface area contributed by atoms with Crippen LogP contribution < -0.4 is 0 Å². The molecule has 0 aromatic carbocycles. The lowest BCUT2D eigenvalue weighted by Gasteiger charge is -2.52. The van der Waals surface area contributed by atoms with Crippen LogP contribution in [0.15, 0.2) is 18.5 Å². The van der Waals surface area contributed by atoms with Crippen molar-refractivity contribution in [3.05, 3.63) is 29.6 Å². The topological polar surface area (TPSA) is 60.9 Å². The number of likely N-dealkylation sites (tertiary alicyclic amines) is 1. The third kappa shape index (κ3) is 3.88. The Labute approximate surface area is 136 Å². The number of methoxy groups -OCH3 is 1. The molecular formula is C17H24N2O4. The van der Waals surface area contributed by atoms with Gasteiger partial charge in [0.2, 0.25) is 5.91 Å². The van der Waals surface area contributed by atoms with E-state index in [1.54, 1.807) is 4.90 Å². The van der Waals surface area contributed by atoms with Gasteiger partial charge in [0.1, 0.15) is 12.2 Å². The van der Waals surface area contributed by atoms with Crippen LogP contribution in [0.1, 0.15) is 24.0 Å². The van der Waals surface area contributed by atoms with E-state index in [1.807, 2.05) is 19.3 Å². The van der Waals surface area contributed by atoms with Crippen molar-refractivity contribution in [2.75, 3.05) is 33.4 Å². The fourth-order valence-corrected chi connectivity index (χ4v) is 3.30. The number of aryl methyl sites for hydroxylation is 1. The van der Waals surface area contributed by atoms with E-state index in [0.717, 1.165) is 24.0 Å². The first kappa shape index (κ1) is 16.4. The molecule has 126 valence electrons. The molecule has 2 saturated heterocycles. The predicted octanol–water partition coefficient (Wildman–Crippen LogP) is 1.31. The summed E-state index contributed by atoms with van der Waals surface area (Å²) in [7, 11) is 1.54. The van der Waals surface area contributed by atoms with Crippen molar-refractivity contribution in [3.8, 4) is 0 Å². The Balaban J connectivity index is 1.49. The van der Waals surface area contributed by atoms with Gasteiger partial charge in [0.25, 0.3) is 0 Å². The maximum absolute atomic E-state index is 11.8. The van der Waals surface area contributed by atoms with Crippen LogP contribution >= 0.6 is 0 Å². The van der Waals surface area contributed by atoms with Crippen LogP contribution in [0.25, 0.3) is 0 Å². The van der Waals surface area contributed by atoms with E-state index in [9.17, 15) is 4.79 Å². The largest absolute Gasteiger partial charge is 0.375 e. The van der Waals surface area contributed by atoms with Crippen LogP contribution in [0.5, 0.6) is 0 Å². The van der Waals surface area contributed by atoms with Crippen LogP contribution in [0, 0.1) is 6.92 Å². The summed E-state index contributed by atoms with van der Waals surface area (Å²) in [5.41, 5.74) is 2.01. The van der Waals surface area contributed by atoms with Crippen LogP contribution in [-0.4, -0.2) is 60.9 Å². The Morgan fingerprint density at radius 2 is 2.30 bits per heavy atom. The minimum atomic E-state index is -0.225. The molecule has 1 aromatic rings. The number of carbonyl (C=O) groups excluding carboxylic acids is 1. The van der Waals surface area contributed by atoms with Crippen molar-refractivity contribution in [2.24, 2.45) is 0 Å². The van der Waals surface area contributed by atoms with Gasteiger partial charge < -0.3 is 19.1 Å². The SMILES string of the molecule is COCC(=O)N1CC2(C[C@@H](OCc3cncc(C)c3)CCO2)C1. The van der Waals surface area contributed by atoms with Crippen molar-refractivity contribution in [1.29, 1.82) is 0 Å². The van der Waals surface area contributed by atoms with E-state index < -0.39 is 0 Å². The highest BCUT2D eigenvalue weighted by molar-refractivity contribution is 5.78. The smallest absolute Gasteiger partial charge is 0.248 e. The molecule has 0 bridgehead atoms. The van der Waals surface area contributed by atoms with E-state index >= 15 is 0 Å². The van der Waals surface area contributed by atoms with E-state index in [4.69, 9.17) is 14.2 Å². The number of ether oxygens (including phenoxy) is 3. The van der Waals surface area contributed by atoms with Gasteiger partial charge in [-0.3, -0.25) is 9.78 Å². The summed E-state index contributed by atoms with van der Waals surface area (Å²) in [6, 6.07) is 2.09. The van der Waals surface area contributed by atoms with Gasteiger partial charge in [0, 0.05) is 32.5 Å². The van der Waals surface area contributed by atoms with Gasteiger partial charge in [0.15, 0.2) is 0 Å². The molecule has 2 aliphatic heterocycles. The Bertz CT molecular complexity index is 557. The fraction of sp³-hybridized carbons (Fsp3) is 0.647. The van der Waals surface area contributed by atoms with Crippen molar-refractivity contribution >= 4 is 5.91 Å². The zero-order chi connectivity index (χ0) is 16.3. The molecule has 23 heavy (non-hydrogen) atoms. The Morgan fingerprint density at radius 1 is 1.48 bits per heavy atom. The molecule has 1 atom stereocenters. The van der Waals surface area contributed by atoms with Gasteiger partial charge in [-0.2, -0.15) is 0 Å². The summed E-state index contributed by atoms with van der Waals surface area (Å²) < 4.78 is 16.9. The maximum Gasteiger partial charge on any atom is 0.248 e. The molecular weight excluding hydrogens is 296 g/mol. The lowest BCUT2D eigenvalue weighted by atomic mass is 9.84. The number of aromatic nitrogens is 1. The quantitative estimate of drug-likeness (QED) is 0.819. The van der Waals surface area contributed by atoms with E-state index in [-0.39, 0.29) is 24.2 Å². The minimum Gasteiger partial charge on any atom is -0.375 e. The number of hydrogen-bond acceptors (Lipinski definition) is 5. The standard InChI is InChI=1S/C17H24N2O4/c1-13-5-14(8-18-7-13)9-22-15-3-4-23-17(6-15)11-19(12-17)16(20)10-21-2/h5,7-8,15H,3-4,6,9-12H2,1-2H3/t15-/m0/s1. The predicted molar refractivity (Wildman–Crippen MR) is 83.9 cm³/mol. The fourth-order valence-electron chi connectivity index (χ4n) is 3.30. The summed E-state index contributed by atoms with van der Waals surface area (Å²) in [6.07, 6.45) is 5.59. The van der Waals surface area contributed by atoms with Gasteiger partial charge in [-0.05, 0) is 24.5 Å². The highest BCUT2D eigenvalue weighted by Gasteiger charge is 2.49. The first-order valence-electron chi connectivity index (χ1n) is 8.03. The summed E-state index contributed by atoms with van der Waals surface area (Å²) in [6.45, 7) is 4.70. The van der Waals surface area contributed by atoms with Crippen molar-refractivity contribution < 1.29 is 19.0 Å². The molecule has 1 spiro atoms. The third-order valence-electron chi connectivity index (χ3n) is 4.44. The second-order valence-corrected chi connectivity index (χ2v) is 6.51. The number of rotatable bonds is 5. The van der Waals surface area contributed by atoms with E-state index in [1.165, 1.54) is 7.11 Å². The van der Waals surface area contributed by atoms with Crippen molar-refractivity contribution in [1.82, 2.24) is 9.88 Å². The lowest BCUT2D eigenvalue weighted by Crippen LogP contribution is -2.67. The number of amides is 1. The molecule has 2 fully saturated rings. The first-order chi connectivity index (χ1) is 11.1. The van der Waals surface area contributed by atoms with Crippen LogP contribution in [0.3, 0.4) is 0 Å². The molecule has 0 N–H and O–H groups in total. The Kier molecular flexibility index (Phi) is 4.94. The number of carbonyl (C=O) groups is 1. The highest BCUT2D eigenvalue weighted by atomic mass is 16.5. The lowest BCUT2D eigenvalue weighted by molar-refractivity contribution is -0.203. The second-order valence-electron chi connectivity index (χ2n) is 6.51. The molecule has 3 rings (SSSR count). The zero-order valence-corrected chi connectivity index (χ0v) is 13.8. The van der Waals surface area contributed by atoms with Crippen molar-refractivity contribution in [2.45, 2.75) is 38.1 Å². The maximum atomic E-state index is 11.8. The summed E-state index contributed by atoms with van der Waals surface area (Å²) in [5, 5.41) is 0. The van der Waals surface area contributed by atoms with Crippen LogP contribution in [0.2, 0.25) is 0 Å². The second kappa shape index (κ2) is 6.95. The van der Waals surface area contributed by atoms with Crippen molar-refractivity contribution in [3.63, 3.8) is 0 Å². The molecule has 0 saturated carbocycles. The number of nitrogens with zero attached hydrogens (tertiary/aromatic N) is 2. The number of pyridine rings is 1. The highest BCUT2D eigenvalue weighted by Crippen LogP contribution is 2.35. The molecule has 0 radical (unpaired) electrons. The molecule has 0 unspecified atom stereocenters. The zero-order valence-electron chi connectivity index (χ0n) is 13.8. The van der Waals surface area contributed by atoms with E-state index in [0.29, 0.717) is 26.3 Å². The van der Waals surface area contributed by atoms with Gasteiger partial charge in [-0.25, -0.2) is 0 Å². The molecule has 6 heteroatoms. The molecule has 0 aliphatic carbocycles. The average molecular weight is 320 g/mol. The molecule has 1 amide bonds. The Hall–Kier alpha value is -1.50. The summed E-state index contributed by atoms with van der Waals surface area (Å²) >= 11 is 0. The average Bonchev–Trinajstić information content (AvgIpc) is 2.51. The minimum absolute atomic E-state index is 0.0237. The molecule has 3 heterocycles. The summed E-state index contributed by atoms with van der Waals surface area (Å²) in [5.74, 6) is 0.0237. The molecule has 6 nitrogen and oxygen atoms in total. The Morgan fingerprint density at radius 3 is 3.04 bits per heavy atom. The molecule has 2 aliphatic rings. The van der Waals surface area contributed by atoms with Gasteiger partial charge >= 0.3 is 0 Å². The normalized spacial score (nSPS) is 22.9. The van der Waals surface area contributed by atoms with Crippen LogP contribution in [0.4, 0.5) is 0 Å². The van der Waals surface area contributed by atoms with Crippen LogP contribution in [-0.2, 0) is 25.6 Å². The first-order valence-corrected chi connectivity index (χ1v) is 8.03. The van der Waals surface area contributed by atoms with Gasteiger partial charge in [-0.1, -0.05) is 6.07 Å². The summed E-state index contributed by atoms with van der Waals surface area (Å²) in [4.78, 5) is 17.8. The monoisotopic (exact) mass is 320 g/mol. The third-order valence-corrected chi connectivity index (χ3v) is 4.44.